The first-order valence-corrected chi connectivity index (χ1v) is 11.3. The minimum absolute atomic E-state index is 0.280. The third kappa shape index (κ3) is 5.57. The molecule has 0 fully saturated rings. The maximum atomic E-state index is 8.97. The Hall–Kier alpha value is -2.58. The molecule has 31 heavy (non-hydrogen) atoms. The van der Waals surface area contributed by atoms with Gasteiger partial charge in [-0.3, -0.25) is 0 Å². The first-order valence-electron chi connectivity index (χ1n) is 10.5. The third-order valence-electron chi connectivity index (χ3n) is 5.67. The number of halogens is 2. The highest BCUT2D eigenvalue weighted by atomic mass is 35.5. The van der Waals surface area contributed by atoms with Gasteiger partial charge in [0, 0.05) is 35.4 Å². The van der Waals surface area contributed by atoms with Crippen molar-refractivity contribution in [2.45, 2.75) is 44.8 Å². The van der Waals surface area contributed by atoms with Crippen LogP contribution in [0, 0.1) is 11.3 Å². The summed E-state index contributed by atoms with van der Waals surface area (Å²) in [6.07, 6.45) is 10.5. The lowest BCUT2D eigenvalue weighted by Crippen LogP contribution is -2.27. The third-order valence-corrected chi connectivity index (χ3v) is 6.22. The van der Waals surface area contributed by atoms with E-state index in [1.54, 1.807) is 0 Å². The van der Waals surface area contributed by atoms with Gasteiger partial charge in [-0.25, -0.2) is 4.98 Å². The Morgan fingerprint density at radius 2 is 1.97 bits per heavy atom. The monoisotopic (exact) mass is 450 g/mol. The number of allylic oxidation sites excluding steroid dienone is 1. The van der Waals surface area contributed by atoms with Gasteiger partial charge in [-0.05, 0) is 60.2 Å². The van der Waals surface area contributed by atoms with E-state index in [1.165, 1.54) is 12.0 Å². The predicted molar refractivity (Wildman–Crippen MR) is 126 cm³/mol. The van der Waals surface area contributed by atoms with Gasteiger partial charge in [0.05, 0.1) is 23.7 Å². The van der Waals surface area contributed by atoms with E-state index in [-0.39, 0.29) is 6.04 Å². The van der Waals surface area contributed by atoms with Crippen LogP contribution in [-0.4, -0.2) is 15.6 Å². The zero-order valence-corrected chi connectivity index (χ0v) is 18.7. The molecule has 1 aliphatic rings. The Balaban J connectivity index is 1.45. The molecule has 1 aliphatic carbocycles. The second kappa shape index (κ2) is 10.2. The molecule has 6 heteroatoms. The Morgan fingerprint density at radius 1 is 1.13 bits per heavy atom. The van der Waals surface area contributed by atoms with E-state index in [0.717, 1.165) is 49.2 Å². The highest BCUT2D eigenvalue weighted by Crippen LogP contribution is 2.32. The van der Waals surface area contributed by atoms with Gasteiger partial charge >= 0.3 is 0 Å². The fourth-order valence-corrected chi connectivity index (χ4v) is 4.51. The largest absolute Gasteiger partial charge is 0.329 e. The van der Waals surface area contributed by atoms with Crippen LogP contribution < -0.4 is 5.32 Å². The fourth-order valence-electron chi connectivity index (χ4n) is 3.98. The number of aromatic nitrogens is 2. The SMILES string of the molecule is N#Cc1ccc(Cn2cncc2CNC2C=C(c3ccc(Cl)cc3Cl)CCCC2)cc1. The van der Waals surface area contributed by atoms with Gasteiger partial charge in [0.1, 0.15) is 0 Å². The van der Waals surface area contributed by atoms with E-state index >= 15 is 0 Å². The number of hydrogen-bond donors (Lipinski definition) is 1. The summed E-state index contributed by atoms with van der Waals surface area (Å²) in [5, 5.41) is 14.0. The molecule has 1 atom stereocenters. The molecule has 0 amide bonds. The zero-order valence-electron chi connectivity index (χ0n) is 17.2. The summed E-state index contributed by atoms with van der Waals surface area (Å²) >= 11 is 12.5. The molecule has 0 saturated carbocycles. The van der Waals surface area contributed by atoms with Gasteiger partial charge in [0.25, 0.3) is 0 Å². The standard InChI is InChI=1S/C25H24Cl2N4/c26-21-9-10-24(25(27)12-21)20-3-1-2-4-22(11-20)30-15-23-14-29-17-31(23)16-19-7-5-18(13-28)6-8-19/h5-12,14,17,22,30H,1-4,15-16H2. The van der Waals surface area contributed by atoms with E-state index in [0.29, 0.717) is 15.6 Å². The number of rotatable bonds is 6. The summed E-state index contributed by atoms with van der Waals surface area (Å²) < 4.78 is 2.14. The van der Waals surface area contributed by atoms with E-state index < -0.39 is 0 Å². The minimum atomic E-state index is 0.280. The van der Waals surface area contributed by atoms with Crippen molar-refractivity contribution in [3.8, 4) is 6.07 Å². The second-order valence-electron chi connectivity index (χ2n) is 7.87. The van der Waals surface area contributed by atoms with Crippen LogP contribution in [0.4, 0.5) is 0 Å². The van der Waals surface area contributed by atoms with Crippen LogP contribution in [0.5, 0.6) is 0 Å². The van der Waals surface area contributed by atoms with E-state index in [9.17, 15) is 0 Å². The van der Waals surface area contributed by atoms with E-state index in [1.807, 2.05) is 55.0 Å². The highest BCUT2D eigenvalue weighted by Gasteiger charge is 2.16. The van der Waals surface area contributed by atoms with Crippen molar-refractivity contribution in [2.75, 3.05) is 0 Å². The Morgan fingerprint density at radius 3 is 2.74 bits per heavy atom. The first-order chi connectivity index (χ1) is 15.1. The van der Waals surface area contributed by atoms with Gasteiger partial charge in [0.2, 0.25) is 0 Å². The number of nitrogens with zero attached hydrogens (tertiary/aromatic N) is 3. The average Bonchev–Trinajstić information content (AvgIpc) is 3.07. The summed E-state index contributed by atoms with van der Waals surface area (Å²) in [4.78, 5) is 4.34. The first kappa shape index (κ1) is 21.6. The molecular weight excluding hydrogens is 427 g/mol. The molecule has 4 rings (SSSR count). The summed E-state index contributed by atoms with van der Waals surface area (Å²) in [7, 11) is 0. The predicted octanol–water partition coefficient (Wildman–Crippen LogP) is 6.23. The van der Waals surface area contributed by atoms with Crippen molar-refractivity contribution in [1.82, 2.24) is 14.9 Å². The highest BCUT2D eigenvalue weighted by molar-refractivity contribution is 6.35. The molecule has 0 radical (unpaired) electrons. The molecule has 2 aromatic carbocycles. The number of nitrogens with one attached hydrogen (secondary N) is 1. The number of imidazole rings is 1. The lowest BCUT2D eigenvalue weighted by atomic mass is 10.0. The summed E-state index contributed by atoms with van der Waals surface area (Å²) in [6.45, 7) is 1.47. The number of hydrogen-bond acceptors (Lipinski definition) is 3. The number of benzene rings is 2. The fraction of sp³-hybridized carbons (Fsp3) is 0.280. The quantitative estimate of drug-likeness (QED) is 0.484. The number of nitriles is 1. The van der Waals surface area contributed by atoms with Gasteiger partial charge < -0.3 is 9.88 Å². The Bertz CT molecular complexity index is 1110. The maximum Gasteiger partial charge on any atom is 0.0991 e. The van der Waals surface area contributed by atoms with Crippen molar-refractivity contribution in [2.24, 2.45) is 0 Å². The second-order valence-corrected chi connectivity index (χ2v) is 8.71. The molecule has 1 N–H and O–H groups in total. The van der Waals surface area contributed by atoms with Crippen LogP contribution in [0.15, 0.2) is 61.1 Å². The van der Waals surface area contributed by atoms with E-state index in [4.69, 9.17) is 28.5 Å². The van der Waals surface area contributed by atoms with Crippen LogP contribution in [0.2, 0.25) is 10.0 Å². The van der Waals surface area contributed by atoms with Gasteiger partial charge in [-0.1, -0.05) is 53.9 Å². The summed E-state index contributed by atoms with van der Waals surface area (Å²) in [6, 6.07) is 15.9. The van der Waals surface area contributed by atoms with Crippen LogP contribution in [0.1, 0.15) is 48.1 Å². The lowest BCUT2D eigenvalue weighted by Gasteiger charge is -2.16. The maximum absolute atomic E-state index is 8.97. The lowest BCUT2D eigenvalue weighted by molar-refractivity contribution is 0.525. The molecule has 0 bridgehead atoms. The van der Waals surface area contributed by atoms with Crippen LogP contribution in [0.3, 0.4) is 0 Å². The van der Waals surface area contributed by atoms with Crippen molar-refractivity contribution in [3.63, 3.8) is 0 Å². The van der Waals surface area contributed by atoms with Crippen molar-refractivity contribution < 1.29 is 0 Å². The normalized spacial score (nSPS) is 16.4. The molecule has 1 aromatic heterocycles. The molecule has 0 aliphatic heterocycles. The Labute approximate surface area is 193 Å². The van der Waals surface area contributed by atoms with Crippen molar-refractivity contribution in [1.29, 1.82) is 5.26 Å². The molecule has 1 heterocycles. The summed E-state index contributed by atoms with van der Waals surface area (Å²) in [5.41, 5.74) is 5.31. The summed E-state index contributed by atoms with van der Waals surface area (Å²) in [5.74, 6) is 0. The molecular formula is C25H24Cl2N4. The van der Waals surface area contributed by atoms with Crippen LogP contribution in [-0.2, 0) is 13.1 Å². The van der Waals surface area contributed by atoms with Crippen LogP contribution >= 0.6 is 23.2 Å². The molecule has 0 saturated heterocycles. The minimum Gasteiger partial charge on any atom is -0.329 e. The smallest absolute Gasteiger partial charge is 0.0991 e. The zero-order chi connectivity index (χ0) is 21.6. The van der Waals surface area contributed by atoms with Gasteiger partial charge in [0.15, 0.2) is 0 Å². The van der Waals surface area contributed by atoms with Gasteiger partial charge in [-0.15, -0.1) is 0 Å². The average molecular weight is 451 g/mol. The molecule has 3 aromatic rings. The van der Waals surface area contributed by atoms with E-state index in [2.05, 4.69) is 27.0 Å². The van der Waals surface area contributed by atoms with Gasteiger partial charge in [-0.2, -0.15) is 5.26 Å². The molecule has 4 nitrogen and oxygen atoms in total. The topological polar surface area (TPSA) is 53.6 Å². The Kier molecular flexibility index (Phi) is 7.09. The van der Waals surface area contributed by atoms with Crippen LogP contribution in [0.25, 0.3) is 5.57 Å². The molecule has 1 unspecified atom stereocenters. The van der Waals surface area contributed by atoms with Crippen molar-refractivity contribution >= 4 is 28.8 Å². The molecule has 158 valence electrons. The van der Waals surface area contributed by atoms with Crippen molar-refractivity contribution in [3.05, 3.63) is 93.5 Å². The molecule has 0 spiro atoms.